The van der Waals surface area contributed by atoms with Crippen LogP contribution in [-0.4, -0.2) is 40.5 Å². The maximum absolute atomic E-state index is 13.6. The Morgan fingerprint density at radius 1 is 1.40 bits per heavy atom. The Morgan fingerprint density at radius 3 is 2.88 bits per heavy atom. The van der Waals surface area contributed by atoms with E-state index in [0.29, 0.717) is 12.6 Å². The molecule has 2 aliphatic rings. The highest BCUT2D eigenvalue weighted by atomic mass is 32.2. The molecule has 3 rings (SSSR count). The second kappa shape index (κ2) is 8.29. The summed E-state index contributed by atoms with van der Waals surface area (Å²) in [7, 11) is 0. The van der Waals surface area contributed by atoms with E-state index in [9.17, 15) is 18.4 Å². The molecule has 1 amide bonds. The molecular formula is C16H22F2N4O2S. The number of amides is 1. The van der Waals surface area contributed by atoms with Gasteiger partial charge >= 0.3 is 0 Å². The van der Waals surface area contributed by atoms with Gasteiger partial charge in [0.05, 0.1) is 17.5 Å². The smallest absolute Gasteiger partial charge is 0.286 e. The first kappa shape index (κ1) is 18.3. The van der Waals surface area contributed by atoms with Crippen molar-refractivity contribution in [1.82, 2.24) is 15.2 Å². The molecule has 2 atom stereocenters. The van der Waals surface area contributed by atoms with Crippen molar-refractivity contribution in [3.8, 4) is 0 Å². The average Bonchev–Trinajstić information content (AvgIpc) is 3.25. The molecule has 0 bridgehead atoms. The molecule has 1 saturated heterocycles. The number of alkyl halides is 1. The highest BCUT2D eigenvalue weighted by Gasteiger charge is 2.32. The Morgan fingerprint density at radius 2 is 2.16 bits per heavy atom. The zero-order valence-corrected chi connectivity index (χ0v) is 14.6. The fraction of sp³-hybridized carbons (Fsp3) is 0.625. The van der Waals surface area contributed by atoms with E-state index in [1.165, 1.54) is 30.8 Å². The summed E-state index contributed by atoms with van der Waals surface area (Å²) in [6.07, 6.45) is 6.05. The summed E-state index contributed by atoms with van der Waals surface area (Å²) in [5, 5.41) is 9.06. The molecule has 2 heterocycles. The third-order valence-corrected chi connectivity index (χ3v) is 5.74. The van der Waals surface area contributed by atoms with E-state index in [-0.39, 0.29) is 28.9 Å². The molecule has 6 nitrogen and oxygen atoms in total. The normalized spacial score (nSPS) is 23.9. The van der Waals surface area contributed by atoms with Crippen molar-refractivity contribution in [3.63, 3.8) is 0 Å². The number of carbonyl (C=O) groups excluding carboxylic acids is 1. The molecule has 25 heavy (non-hydrogen) atoms. The number of nitrogens with zero attached hydrogens (tertiary/aromatic N) is 1. The number of aromatic nitrogens is 1. The van der Waals surface area contributed by atoms with Gasteiger partial charge in [-0.15, -0.1) is 11.8 Å². The minimum atomic E-state index is -1.01. The first-order valence-corrected chi connectivity index (χ1v) is 9.43. The number of pyridine rings is 1. The molecule has 3 N–H and O–H groups in total. The molecule has 2 unspecified atom stereocenters. The van der Waals surface area contributed by atoms with Crippen molar-refractivity contribution in [2.45, 2.75) is 49.0 Å². The van der Waals surface area contributed by atoms with Crippen LogP contribution < -0.4 is 21.5 Å². The molecule has 9 heteroatoms. The molecular weight excluding hydrogens is 350 g/mol. The molecule has 1 saturated carbocycles. The molecule has 1 aliphatic carbocycles. The van der Waals surface area contributed by atoms with E-state index >= 15 is 0 Å². The van der Waals surface area contributed by atoms with Gasteiger partial charge in [0, 0.05) is 24.8 Å². The van der Waals surface area contributed by atoms with E-state index in [2.05, 4.69) is 16.0 Å². The summed E-state index contributed by atoms with van der Waals surface area (Å²) in [6, 6.07) is 1.46. The summed E-state index contributed by atoms with van der Waals surface area (Å²) in [6.45, 7) is -0.520. The molecule has 0 aromatic carbocycles. The van der Waals surface area contributed by atoms with Gasteiger partial charge in [0.1, 0.15) is 12.2 Å². The number of rotatable bonds is 6. The standard InChI is InChI=1S/C16H22F2N4O2S/c17-5-6-22-9-11(7-12(18)15(22)24)20-14(23)13-8-19-16(25-13)21-10-3-1-2-4-10/h7,9-10,13,16,19,21H,1-6,8H2,(H,20,23). The number of hydrogen-bond donors (Lipinski definition) is 3. The fourth-order valence-electron chi connectivity index (χ4n) is 3.18. The van der Waals surface area contributed by atoms with Crippen molar-refractivity contribution >= 4 is 23.4 Å². The zero-order chi connectivity index (χ0) is 17.8. The van der Waals surface area contributed by atoms with Crippen LogP contribution in [0.2, 0.25) is 0 Å². The number of carbonyl (C=O) groups is 1. The van der Waals surface area contributed by atoms with Crippen LogP contribution in [0.15, 0.2) is 17.1 Å². The molecule has 1 aromatic rings. The number of halogens is 2. The van der Waals surface area contributed by atoms with Gasteiger partial charge in [-0.3, -0.25) is 20.2 Å². The van der Waals surface area contributed by atoms with Gasteiger partial charge in [0.15, 0.2) is 5.82 Å². The van der Waals surface area contributed by atoms with Crippen molar-refractivity contribution in [2.75, 3.05) is 18.5 Å². The fourth-order valence-corrected chi connectivity index (χ4v) is 4.35. The number of hydrogen-bond acceptors (Lipinski definition) is 5. The number of nitrogens with one attached hydrogen (secondary N) is 3. The summed E-state index contributed by atoms with van der Waals surface area (Å²) in [5.74, 6) is -1.28. The summed E-state index contributed by atoms with van der Waals surface area (Å²) in [4.78, 5) is 23.9. The van der Waals surface area contributed by atoms with Gasteiger partial charge in [-0.2, -0.15) is 0 Å². The Hall–Kier alpha value is -1.45. The van der Waals surface area contributed by atoms with Crippen LogP contribution in [0.1, 0.15) is 25.7 Å². The van der Waals surface area contributed by atoms with Crippen LogP contribution in [-0.2, 0) is 11.3 Å². The van der Waals surface area contributed by atoms with E-state index in [1.807, 2.05) is 0 Å². The number of anilines is 1. The molecule has 2 fully saturated rings. The van der Waals surface area contributed by atoms with Gasteiger partial charge in [0.25, 0.3) is 5.56 Å². The summed E-state index contributed by atoms with van der Waals surface area (Å²) >= 11 is 1.49. The van der Waals surface area contributed by atoms with Crippen molar-refractivity contribution in [3.05, 3.63) is 28.4 Å². The highest BCUT2D eigenvalue weighted by molar-refractivity contribution is 8.01. The third kappa shape index (κ3) is 4.59. The molecule has 138 valence electrons. The van der Waals surface area contributed by atoms with E-state index in [0.717, 1.165) is 23.5 Å². The third-order valence-electron chi connectivity index (χ3n) is 4.46. The lowest BCUT2D eigenvalue weighted by Crippen LogP contribution is -2.41. The zero-order valence-electron chi connectivity index (χ0n) is 13.8. The Kier molecular flexibility index (Phi) is 6.08. The van der Waals surface area contributed by atoms with Crippen LogP contribution in [0.5, 0.6) is 0 Å². The number of aryl methyl sites for hydroxylation is 1. The maximum atomic E-state index is 13.6. The van der Waals surface area contributed by atoms with Gasteiger partial charge < -0.3 is 9.88 Å². The van der Waals surface area contributed by atoms with Gasteiger partial charge in [0.2, 0.25) is 5.91 Å². The molecule has 0 spiro atoms. The van der Waals surface area contributed by atoms with Crippen LogP contribution in [0.4, 0.5) is 14.5 Å². The second-order valence-electron chi connectivity index (χ2n) is 6.31. The Labute approximate surface area is 148 Å². The highest BCUT2D eigenvalue weighted by Crippen LogP contribution is 2.25. The Bertz CT molecular complexity index is 679. The largest absolute Gasteiger partial charge is 0.324 e. The second-order valence-corrected chi connectivity index (χ2v) is 7.63. The number of thioether (sulfide) groups is 1. The minimum Gasteiger partial charge on any atom is -0.324 e. The lowest BCUT2D eigenvalue weighted by Gasteiger charge is -2.18. The lowest BCUT2D eigenvalue weighted by molar-refractivity contribution is -0.115. The summed E-state index contributed by atoms with van der Waals surface area (Å²) in [5.41, 5.74) is -0.715. The monoisotopic (exact) mass is 372 g/mol. The lowest BCUT2D eigenvalue weighted by atomic mass is 10.3. The predicted octanol–water partition coefficient (Wildman–Crippen LogP) is 1.42. The molecule has 1 aliphatic heterocycles. The minimum absolute atomic E-state index is 0.0241. The SMILES string of the molecule is O=C(Nc1cc(F)c(=O)n(CCF)c1)C1CNC(NC2CCCC2)S1. The van der Waals surface area contributed by atoms with Crippen LogP contribution in [0.25, 0.3) is 0 Å². The Balaban J connectivity index is 1.58. The summed E-state index contributed by atoms with van der Waals surface area (Å²) < 4.78 is 27.0. The van der Waals surface area contributed by atoms with Crippen molar-refractivity contribution in [2.24, 2.45) is 0 Å². The van der Waals surface area contributed by atoms with Crippen molar-refractivity contribution in [1.29, 1.82) is 0 Å². The van der Waals surface area contributed by atoms with Gasteiger partial charge in [-0.1, -0.05) is 12.8 Å². The average molecular weight is 372 g/mol. The van der Waals surface area contributed by atoms with E-state index in [1.54, 1.807) is 0 Å². The maximum Gasteiger partial charge on any atom is 0.286 e. The van der Waals surface area contributed by atoms with Gasteiger partial charge in [-0.25, -0.2) is 8.78 Å². The van der Waals surface area contributed by atoms with Crippen LogP contribution in [0, 0.1) is 5.82 Å². The first-order valence-electron chi connectivity index (χ1n) is 8.48. The van der Waals surface area contributed by atoms with Gasteiger partial charge in [-0.05, 0) is 12.8 Å². The molecule has 0 radical (unpaired) electrons. The van der Waals surface area contributed by atoms with Crippen molar-refractivity contribution < 1.29 is 13.6 Å². The molecule has 1 aromatic heterocycles. The van der Waals surface area contributed by atoms with E-state index < -0.39 is 18.1 Å². The predicted molar refractivity (Wildman–Crippen MR) is 93.8 cm³/mol. The quantitative estimate of drug-likeness (QED) is 0.704. The topological polar surface area (TPSA) is 75.2 Å². The van der Waals surface area contributed by atoms with Crippen LogP contribution in [0.3, 0.4) is 0 Å². The van der Waals surface area contributed by atoms with E-state index in [4.69, 9.17) is 0 Å². The van der Waals surface area contributed by atoms with Crippen LogP contribution >= 0.6 is 11.8 Å². The first-order chi connectivity index (χ1) is 12.1.